The van der Waals surface area contributed by atoms with Crippen LogP contribution in [0, 0.1) is 0 Å². The highest BCUT2D eigenvalue weighted by molar-refractivity contribution is 5.83. The predicted molar refractivity (Wildman–Crippen MR) is 106 cm³/mol. The molecule has 3 atom stereocenters. The van der Waals surface area contributed by atoms with E-state index in [9.17, 15) is 9.59 Å². The minimum atomic E-state index is -0.0769. The van der Waals surface area contributed by atoms with Crippen molar-refractivity contribution in [2.45, 2.75) is 63.8 Å². The van der Waals surface area contributed by atoms with Gasteiger partial charge in [-0.3, -0.25) is 19.4 Å². The van der Waals surface area contributed by atoms with Crippen molar-refractivity contribution in [3.8, 4) is 0 Å². The Labute approximate surface area is 162 Å². The van der Waals surface area contributed by atoms with E-state index in [4.69, 9.17) is 0 Å². The first-order chi connectivity index (χ1) is 13.0. The Hall–Kier alpha value is -1.92. The van der Waals surface area contributed by atoms with Gasteiger partial charge < -0.3 is 10.6 Å². The highest BCUT2D eigenvalue weighted by Gasteiger charge is 2.45. The standard InChI is InChI=1S/C21H32N4O2/c1-15(2)25-12-11-18-20(25)21(27)23-14-17(24(18)3)9-10-19(26)22-13-16-7-5-4-6-8-16/h4-8,15,17-18,20H,9-14H2,1-3H3,(H,22,26)(H,23,27). The summed E-state index contributed by atoms with van der Waals surface area (Å²) >= 11 is 0. The number of nitrogens with zero attached hydrogens (tertiary/aromatic N) is 2. The number of fused-ring (bicyclic) bond motifs is 1. The molecule has 0 bridgehead atoms. The Balaban J connectivity index is 1.53. The summed E-state index contributed by atoms with van der Waals surface area (Å²) in [5.41, 5.74) is 1.10. The van der Waals surface area contributed by atoms with E-state index in [2.05, 4.69) is 41.3 Å². The molecule has 6 nitrogen and oxygen atoms in total. The first-order valence-corrected chi connectivity index (χ1v) is 10.0. The van der Waals surface area contributed by atoms with Crippen LogP contribution in [0.25, 0.3) is 0 Å². The summed E-state index contributed by atoms with van der Waals surface area (Å²) in [7, 11) is 2.11. The number of hydrogen-bond donors (Lipinski definition) is 2. The molecular weight excluding hydrogens is 340 g/mol. The Morgan fingerprint density at radius 3 is 2.74 bits per heavy atom. The summed E-state index contributed by atoms with van der Waals surface area (Å²) in [5, 5.41) is 6.10. The Bertz CT molecular complexity index is 649. The highest BCUT2D eigenvalue weighted by Crippen LogP contribution is 2.28. The zero-order chi connectivity index (χ0) is 19.4. The molecule has 27 heavy (non-hydrogen) atoms. The van der Waals surface area contributed by atoms with Crippen LogP contribution in [0.2, 0.25) is 0 Å². The smallest absolute Gasteiger partial charge is 0.239 e. The van der Waals surface area contributed by atoms with Crippen molar-refractivity contribution in [2.75, 3.05) is 20.1 Å². The lowest BCUT2D eigenvalue weighted by molar-refractivity contribution is -0.126. The molecule has 0 saturated carbocycles. The van der Waals surface area contributed by atoms with Crippen molar-refractivity contribution in [3.05, 3.63) is 35.9 Å². The molecule has 2 fully saturated rings. The molecule has 2 amide bonds. The summed E-state index contributed by atoms with van der Waals surface area (Å²) in [5.74, 6) is 0.198. The van der Waals surface area contributed by atoms with Crippen LogP contribution >= 0.6 is 0 Å². The van der Waals surface area contributed by atoms with Gasteiger partial charge >= 0.3 is 0 Å². The zero-order valence-corrected chi connectivity index (χ0v) is 16.6. The van der Waals surface area contributed by atoms with E-state index in [1.165, 1.54) is 0 Å². The lowest BCUT2D eigenvalue weighted by Gasteiger charge is -2.34. The number of rotatable bonds is 6. The molecule has 2 heterocycles. The minimum absolute atomic E-state index is 0.0644. The number of likely N-dealkylation sites (tertiary alicyclic amines) is 1. The van der Waals surface area contributed by atoms with Gasteiger partial charge in [0.15, 0.2) is 0 Å². The Morgan fingerprint density at radius 1 is 1.30 bits per heavy atom. The molecule has 1 aromatic rings. The van der Waals surface area contributed by atoms with Crippen LogP contribution in [0.4, 0.5) is 0 Å². The molecule has 148 valence electrons. The van der Waals surface area contributed by atoms with Gasteiger partial charge in [0.2, 0.25) is 11.8 Å². The summed E-state index contributed by atoms with van der Waals surface area (Å²) in [6, 6.07) is 10.6. The predicted octanol–water partition coefficient (Wildman–Crippen LogP) is 1.36. The van der Waals surface area contributed by atoms with Crippen LogP contribution in [0.5, 0.6) is 0 Å². The molecule has 0 aromatic heterocycles. The number of benzene rings is 1. The molecule has 3 unspecified atom stereocenters. The lowest BCUT2D eigenvalue weighted by atomic mass is 10.0. The largest absolute Gasteiger partial charge is 0.353 e. The van der Waals surface area contributed by atoms with Crippen molar-refractivity contribution in [1.29, 1.82) is 0 Å². The number of carbonyl (C=O) groups excluding carboxylic acids is 2. The van der Waals surface area contributed by atoms with Crippen LogP contribution in [-0.4, -0.2) is 65.9 Å². The van der Waals surface area contributed by atoms with Crippen LogP contribution < -0.4 is 10.6 Å². The van der Waals surface area contributed by atoms with Gasteiger partial charge in [0.05, 0.1) is 0 Å². The minimum Gasteiger partial charge on any atom is -0.353 e. The van der Waals surface area contributed by atoms with Gasteiger partial charge in [-0.15, -0.1) is 0 Å². The summed E-state index contributed by atoms with van der Waals surface area (Å²) < 4.78 is 0. The molecule has 2 aliphatic heterocycles. The van der Waals surface area contributed by atoms with Crippen molar-refractivity contribution in [3.63, 3.8) is 0 Å². The summed E-state index contributed by atoms with van der Waals surface area (Å²) in [4.78, 5) is 29.5. The molecule has 0 aliphatic carbocycles. The molecule has 2 N–H and O–H groups in total. The maximum absolute atomic E-state index is 12.6. The number of nitrogens with one attached hydrogen (secondary N) is 2. The van der Waals surface area contributed by atoms with Crippen LogP contribution in [0.15, 0.2) is 30.3 Å². The SMILES string of the molecule is CC(C)N1CCC2C1C(=O)NCC(CCC(=O)NCc1ccccc1)N2C. The van der Waals surface area contributed by atoms with E-state index in [1.54, 1.807) is 0 Å². The van der Waals surface area contributed by atoms with E-state index in [1.807, 2.05) is 30.3 Å². The second kappa shape index (κ2) is 8.85. The average Bonchev–Trinajstić information content (AvgIpc) is 3.07. The molecule has 3 rings (SSSR count). The van der Waals surface area contributed by atoms with Crippen molar-refractivity contribution in [1.82, 2.24) is 20.4 Å². The molecule has 1 aromatic carbocycles. The van der Waals surface area contributed by atoms with Gasteiger partial charge in [-0.1, -0.05) is 30.3 Å². The highest BCUT2D eigenvalue weighted by atomic mass is 16.2. The third-order valence-corrected chi connectivity index (χ3v) is 5.98. The monoisotopic (exact) mass is 372 g/mol. The topological polar surface area (TPSA) is 64.7 Å². The number of likely N-dealkylation sites (N-methyl/N-ethyl adjacent to an activating group) is 1. The fourth-order valence-electron chi connectivity index (χ4n) is 4.36. The van der Waals surface area contributed by atoms with Gasteiger partial charge in [0, 0.05) is 44.2 Å². The third kappa shape index (κ3) is 4.68. The fraction of sp³-hybridized carbons (Fsp3) is 0.619. The molecular formula is C21H32N4O2. The number of amides is 2. The fourth-order valence-corrected chi connectivity index (χ4v) is 4.36. The third-order valence-electron chi connectivity index (χ3n) is 5.98. The van der Waals surface area contributed by atoms with Gasteiger partial charge in [0.25, 0.3) is 0 Å². The maximum Gasteiger partial charge on any atom is 0.239 e. The normalized spacial score (nSPS) is 26.5. The van der Waals surface area contributed by atoms with Crippen LogP contribution in [0.1, 0.15) is 38.7 Å². The van der Waals surface area contributed by atoms with Gasteiger partial charge in [-0.25, -0.2) is 0 Å². The first-order valence-electron chi connectivity index (χ1n) is 10.0. The van der Waals surface area contributed by atoms with Gasteiger partial charge in [-0.2, -0.15) is 0 Å². The van der Waals surface area contributed by atoms with E-state index < -0.39 is 0 Å². The zero-order valence-electron chi connectivity index (χ0n) is 16.6. The Morgan fingerprint density at radius 2 is 2.04 bits per heavy atom. The molecule has 6 heteroatoms. The van der Waals surface area contributed by atoms with E-state index >= 15 is 0 Å². The molecule has 2 saturated heterocycles. The second-order valence-electron chi connectivity index (χ2n) is 8.00. The number of hydrogen-bond acceptors (Lipinski definition) is 4. The average molecular weight is 373 g/mol. The molecule has 2 aliphatic rings. The lowest BCUT2D eigenvalue weighted by Crippen LogP contribution is -2.51. The maximum atomic E-state index is 12.6. The quantitative estimate of drug-likeness (QED) is 0.792. The van der Waals surface area contributed by atoms with Crippen LogP contribution in [0.3, 0.4) is 0 Å². The molecule has 0 radical (unpaired) electrons. The summed E-state index contributed by atoms with van der Waals surface area (Å²) in [6.45, 7) is 6.42. The van der Waals surface area contributed by atoms with Gasteiger partial charge in [0.1, 0.15) is 6.04 Å². The summed E-state index contributed by atoms with van der Waals surface area (Å²) in [6.07, 6.45) is 2.23. The first kappa shape index (κ1) is 19.8. The van der Waals surface area contributed by atoms with Crippen LogP contribution in [-0.2, 0) is 16.1 Å². The Kier molecular flexibility index (Phi) is 6.50. The molecule has 0 spiro atoms. The van der Waals surface area contributed by atoms with E-state index in [0.717, 1.165) is 24.9 Å². The van der Waals surface area contributed by atoms with Crippen molar-refractivity contribution in [2.24, 2.45) is 0 Å². The van der Waals surface area contributed by atoms with E-state index in [0.29, 0.717) is 25.6 Å². The van der Waals surface area contributed by atoms with Crippen molar-refractivity contribution < 1.29 is 9.59 Å². The second-order valence-corrected chi connectivity index (χ2v) is 8.00. The van der Waals surface area contributed by atoms with Gasteiger partial charge in [-0.05, 0) is 39.3 Å². The van der Waals surface area contributed by atoms with Crippen molar-refractivity contribution >= 4 is 11.8 Å². The van der Waals surface area contributed by atoms with E-state index in [-0.39, 0.29) is 29.9 Å². The number of carbonyl (C=O) groups is 2.